The molecule has 0 saturated carbocycles. The average Bonchev–Trinajstić information content (AvgIpc) is 2.43. The maximum atomic E-state index is 5.78. The second-order valence-corrected chi connectivity index (χ2v) is 4.27. The number of pyridine rings is 1. The van der Waals surface area contributed by atoms with Gasteiger partial charge in [0.05, 0.1) is 0 Å². The fourth-order valence-electron chi connectivity index (χ4n) is 1.84. The Kier molecular flexibility index (Phi) is 2.72. The topological polar surface area (TPSA) is 76.7 Å². The Hall–Kier alpha value is -2.69. The Balaban J connectivity index is 2.03. The van der Waals surface area contributed by atoms with Gasteiger partial charge in [-0.05, 0) is 18.4 Å². The molecule has 94 valence electrons. The average molecular weight is 251 g/mol. The summed E-state index contributed by atoms with van der Waals surface area (Å²) in [6.45, 7) is 1.87. The van der Waals surface area contributed by atoms with Gasteiger partial charge in [0.1, 0.15) is 11.6 Å². The van der Waals surface area contributed by atoms with Crippen molar-refractivity contribution in [2.45, 2.75) is 6.92 Å². The lowest BCUT2D eigenvalue weighted by Crippen LogP contribution is -2.03. The molecule has 0 amide bonds. The van der Waals surface area contributed by atoms with Crippen molar-refractivity contribution >= 4 is 28.4 Å². The van der Waals surface area contributed by atoms with E-state index >= 15 is 0 Å². The van der Waals surface area contributed by atoms with Gasteiger partial charge in [-0.3, -0.25) is 0 Å². The van der Waals surface area contributed by atoms with Gasteiger partial charge in [-0.2, -0.15) is 4.98 Å². The summed E-state index contributed by atoms with van der Waals surface area (Å²) in [6.07, 6.45) is 3.44. The van der Waals surface area contributed by atoms with Crippen molar-refractivity contribution < 1.29 is 0 Å². The number of hydrogen-bond donors (Lipinski definition) is 2. The van der Waals surface area contributed by atoms with E-state index in [-0.39, 0.29) is 0 Å². The van der Waals surface area contributed by atoms with Gasteiger partial charge in [-0.1, -0.05) is 24.3 Å². The molecule has 3 aromatic rings. The molecule has 0 aliphatic rings. The number of hydrogen-bond acceptors (Lipinski definition) is 5. The molecule has 3 rings (SSSR count). The standard InChI is InChI=1S/C14H13N5/c1-9-8-17-14(18-12(9)15)19-13-11-5-3-2-4-10(11)6-7-16-13/h2-8H,1H3,(H3,15,16,17,18,19). The molecule has 0 atom stereocenters. The highest BCUT2D eigenvalue weighted by molar-refractivity contribution is 5.92. The maximum absolute atomic E-state index is 5.78. The summed E-state index contributed by atoms with van der Waals surface area (Å²) < 4.78 is 0. The molecular weight excluding hydrogens is 238 g/mol. The number of anilines is 3. The van der Waals surface area contributed by atoms with Crippen LogP contribution < -0.4 is 11.1 Å². The summed E-state index contributed by atoms with van der Waals surface area (Å²) in [5.41, 5.74) is 6.63. The van der Waals surface area contributed by atoms with Gasteiger partial charge >= 0.3 is 0 Å². The van der Waals surface area contributed by atoms with Crippen LogP contribution in [0.25, 0.3) is 10.8 Å². The van der Waals surface area contributed by atoms with Crippen LogP contribution in [-0.4, -0.2) is 15.0 Å². The Morgan fingerprint density at radius 3 is 2.79 bits per heavy atom. The van der Waals surface area contributed by atoms with E-state index in [1.54, 1.807) is 12.4 Å². The summed E-state index contributed by atoms with van der Waals surface area (Å²) in [5.74, 6) is 1.64. The second kappa shape index (κ2) is 4.53. The predicted octanol–water partition coefficient (Wildman–Crippen LogP) is 2.66. The SMILES string of the molecule is Cc1cnc(Nc2nccc3ccccc23)nc1N. The van der Waals surface area contributed by atoms with Crippen molar-refractivity contribution in [2.75, 3.05) is 11.1 Å². The molecule has 0 spiro atoms. The van der Waals surface area contributed by atoms with Crippen molar-refractivity contribution in [3.8, 4) is 0 Å². The number of nitrogens with one attached hydrogen (secondary N) is 1. The van der Waals surface area contributed by atoms with Gasteiger partial charge in [0.25, 0.3) is 0 Å². The van der Waals surface area contributed by atoms with Crippen LogP contribution >= 0.6 is 0 Å². The van der Waals surface area contributed by atoms with E-state index in [9.17, 15) is 0 Å². The summed E-state index contributed by atoms with van der Waals surface area (Å²) in [7, 11) is 0. The largest absolute Gasteiger partial charge is 0.383 e. The molecule has 0 aliphatic carbocycles. The van der Waals surface area contributed by atoms with Gasteiger partial charge in [-0.25, -0.2) is 9.97 Å². The zero-order chi connectivity index (χ0) is 13.2. The number of rotatable bonds is 2. The number of aryl methyl sites for hydroxylation is 1. The summed E-state index contributed by atoms with van der Waals surface area (Å²) in [6, 6.07) is 9.96. The van der Waals surface area contributed by atoms with Crippen LogP contribution in [0.1, 0.15) is 5.56 Å². The summed E-state index contributed by atoms with van der Waals surface area (Å²) in [4.78, 5) is 12.7. The van der Waals surface area contributed by atoms with E-state index in [4.69, 9.17) is 5.73 Å². The van der Waals surface area contributed by atoms with Crippen LogP contribution in [0, 0.1) is 6.92 Å². The minimum atomic E-state index is 0.451. The molecule has 0 saturated heterocycles. The lowest BCUT2D eigenvalue weighted by molar-refractivity contribution is 1.13. The first-order chi connectivity index (χ1) is 9.24. The Morgan fingerprint density at radius 1 is 1.11 bits per heavy atom. The van der Waals surface area contributed by atoms with Crippen LogP contribution in [0.15, 0.2) is 42.7 Å². The highest BCUT2D eigenvalue weighted by atomic mass is 15.1. The van der Waals surface area contributed by atoms with Gasteiger partial charge in [0.15, 0.2) is 0 Å². The van der Waals surface area contributed by atoms with Crippen molar-refractivity contribution in [1.82, 2.24) is 15.0 Å². The zero-order valence-electron chi connectivity index (χ0n) is 10.5. The third-order valence-electron chi connectivity index (χ3n) is 2.91. The molecule has 2 heterocycles. The van der Waals surface area contributed by atoms with E-state index in [1.807, 2.05) is 37.3 Å². The van der Waals surface area contributed by atoms with Crippen LogP contribution in [-0.2, 0) is 0 Å². The number of benzene rings is 1. The molecule has 5 heteroatoms. The first-order valence-electron chi connectivity index (χ1n) is 5.94. The van der Waals surface area contributed by atoms with Gasteiger partial charge in [0, 0.05) is 23.3 Å². The monoisotopic (exact) mass is 251 g/mol. The quantitative estimate of drug-likeness (QED) is 0.732. The smallest absolute Gasteiger partial charge is 0.230 e. The molecule has 5 nitrogen and oxygen atoms in total. The molecule has 0 aliphatic heterocycles. The van der Waals surface area contributed by atoms with Crippen molar-refractivity contribution in [3.63, 3.8) is 0 Å². The maximum Gasteiger partial charge on any atom is 0.230 e. The van der Waals surface area contributed by atoms with Crippen LogP contribution in [0.3, 0.4) is 0 Å². The van der Waals surface area contributed by atoms with E-state index < -0.39 is 0 Å². The Labute approximate surface area is 110 Å². The van der Waals surface area contributed by atoms with Gasteiger partial charge in [0.2, 0.25) is 5.95 Å². The lowest BCUT2D eigenvalue weighted by atomic mass is 10.1. The van der Waals surface area contributed by atoms with Crippen molar-refractivity contribution in [3.05, 3.63) is 48.3 Å². The summed E-state index contributed by atoms with van der Waals surface area (Å²) in [5, 5.41) is 5.23. The number of aromatic nitrogens is 3. The summed E-state index contributed by atoms with van der Waals surface area (Å²) >= 11 is 0. The first kappa shape index (κ1) is 11.4. The van der Waals surface area contributed by atoms with Crippen molar-refractivity contribution in [1.29, 1.82) is 0 Å². The highest BCUT2D eigenvalue weighted by Gasteiger charge is 2.05. The van der Waals surface area contributed by atoms with E-state index in [2.05, 4.69) is 20.3 Å². The van der Waals surface area contributed by atoms with Crippen LogP contribution in [0.5, 0.6) is 0 Å². The number of nitrogens with zero attached hydrogens (tertiary/aromatic N) is 3. The van der Waals surface area contributed by atoms with E-state index in [0.29, 0.717) is 11.8 Å². The van der Waals surface area contributed by atoms with Crippen molar-refractivity contribution in [2.24, 2.45) is 0 Å². The molecule has 2 aromatic heterocycles. The zero-order valence-corrected chi connectivity index (χ0v) is 10.5. The first-order valence-corrected chi connectivity index (χ1v) is 5.94. The predicted molar refractivity (Wildman–Crippen MR) is 76.2 cm³/mol. The third-order valence-corrected chi connectivity index (χ3v) is 2.91. The molecular formula is C14H13N5. The number of fused-ring (bicyclic) bond motifs is 1. The van der Waals surface area contributed by atoms with Gasteiger partial charge < -0.3 is 11.1 Å². The molecule has 0 unspecified atom stereocenters. The van der Waals surface area contributed by atoms with Crippen LogP contribution in [0.4, 0.5) is 17.6 Å². The molecule has 1 aromatic carbocycles. The normalized spacial score (nSPS) is 10.6. The molecule has 0 fully saturated rings. The van der Waals surface area contributed by atoms with E-state index in [0.717, 1.165) is 22.2 Å². The van der Waals surface area contributed by atoms with Crippen LogP contribution in [0.2, 0.25) is 0 Å². The molecule has 3 N–H and O–H groups in total. The molecule has 19 heavy (non-hydrogen) atoms. The number of nitrogen functional groups attached to an aromatic ring is 1. The Morgan fingerprint density at radius 2 is 1.95 bits per heavy atom. The van der Waals surface area contributed by atoms with Gasteiger partial charge in [-0.15, -0.1) is 0 Å². The molecule has 0 bridgehead atoms. The second-order valence-electron chi connectivity index (χ2n) is 4.27. The minimum Gasteiger partial charge on any atom is -0.383 e. The highest BCUT2D eigenvalue weighted by Crippen LogP contribution is 2.22. The fourth-order valence-corrected chi connectivity index (χ4v) is 1.84. The number of nitrogens with two attached hydrogens (primary N) is 1. The molecule has 0 radical (unpaired) electrons. The lowest BCUT2D eigenvalue weighted by Gasteiger charge is -2.08. The minimum absolute atomic E-state index is 0.451. The third kappa shape index (κ3) is 2.18. The Bertz CT molecular complexity index is 733. The fraction of sp³-hybridized carbons (Fsp3) is 0.0714. The van der Waals surface area contributed by atoms with E-state index in [1.165, 1.54) is 0 Å².